The van der Waals surface area contributed by atoms with Crippen molar-refractivity contribution in [2.24, 2.45) is 0 Å². The number of nitrogens with one attached hydrogen (secondary N) is 1. The minimum atomic E-state index is -3.51. The van der Waals surface area contributed by atoms with Gasteiger partial charge in [0.05, 0.1) is 10.6 Å². The minimum absolute atomic E-state index is 0.178. The molecule has 5 nitrogen and oxygen atoms in total. The van der Waals surface area contributed by atoms with E-state index < -0.39 is 10.0 Å². The highest BCUT2D eigenvalue weighted by molar-refractivity contribution is 7.89. The fourth-order valence-corrected chi connectivity index (χ4v) is 2.89. The van der Waals surface area contributed by atoms with E-state index in [1.807, 2.05) is 13.0 Å². The fourth-order valence-electron chi connectivity index (χ4n) is 1.79. The summed E-state index contributed by atoms with van der Waals surface area (Å²) < 4.78 is 31.8. The van der Waals surface area contributed by atoms with Gasteiger partial charge < -0.3 is 4.52 Å². The zero-order chi connectivity index (χ0) is 14.0. The molecule has 1 heterocycles. The fraction of sp³-hybridized carbons (Fsp3) is 0.308. The number of aryl methyl sites for hydroxylation is 3. The monoisotopic (exact) mass is 280 g/mol. The van der Waals surface area contributed by atoms with Crippen molar-refractivity contribution >= 4 is 10.0 Å². The Kier molecular flexibility index (Phi) is 3.73. The van der Waals surface area contributed by atoms with Gasteiger partial charge in [0.15, 0.2) is 0 Å². The quantitative estimate of drug-likeness (QED) is 0.930. The van der Waals surface area contributed by atoms with Crippen molar-refractivity contribution < 1.29 is 12.9 Å². The van der Waals surface area contributed by atoms with Gasteiger partial charge in [0.25, 0.3) is 0 Å². The first-order valence-electron chi connectivity index (χ1n) is 5.88. The normalized spacial score (nSPS) is 11.7. The van der Waals surface area contributed by atoms with Gasteiger partial charge in [0.2, 0.25) is 10.0 Å². The third-order valence-electron chi connectivity index (χ3n) is 2.92. The molecule has 0 aliphatic carbocycles. The van der Waals surface area contributed by atoms with Gasteiger partial charge in [0, 0.05) is 12.1 Å². The lowest BCUT2D eigenvalue weighted by molar-refractivity contribution is 0.392. The zero-order valence-electron chi connectivity index (χ0n) is 11.1. The van der Waals surface area contributed by atoms with Gasteiger partial charge in [0.1, 0.15) is 5.76 Å². The molecule has 2 aromatic rings. The second kappa shape index (κ2) is 5.14. The van der Waals surface area contributed by atoms with Crippen molar-refractivity contribution in [3.63, 3.8) is 0 Å². The summed E-state index contributed by atoms with van der Waals surface area (Å²) in [7, 11) is -3.51. The van der Waals surface area contributed by atoms with Crippen molar-refractivity contribution in [3.8, 4) is 0 Å². The lowest BCUT2D eigenvalue weighted by Crippen LogP contribution is -2.23. The van der Waals surface area contributed by atoms with Crippen LogP contribution in [-0.2, 0) is 16.6 Å². The Morgan fingerprint density at radius 1 is 1.26 bits per heavy atom. The maximum Gasteiger partial charge on any atom is 0.240 e. The van der Waals surface area contributed by atoms with E-state index in [1.54, 1.807) is 32.0 Å². The molecule has 0 atom stereocenters. The predicted molar refractivity (Wildman–Crippen MR) is 71.2 cm³/mol. The summed E-state index contributed by atoms with van der Waals surface area (Å²) >= 11 is 0. The molecule has 1 N–H and O–H groups in total. The number of hydrogen-bond donors (Lipinski definition) is 1. The van der Waals surface area contributed by atoms with E-state index in [9.17, 15) is 8.42 Å². The largest absolute Gasteiger partial charge is 0.361 e. The van der Waals surface area contributed by atoms with Gasteiger partial charge in [-0.3, -0.25) is 0 Å². The number of rotatable bonds is 4. The molecule has 19 heavy (non-hydrogen) atoms. The summed E-state index contributed by atoms with van der Waals surface area (Å²) in [5, 5.41) is 3.79. The van der Waals surface area contributed by atoms with E-state index in [1.165, 1.54) is 0 Å². The molecule has 0 aliphatic rings. The van der Waals surface area contributed by atoms with Crippen LogP contribution >= 0.6 is 0 Å². The molecule has 2 rings (SSSR count). The maximum absolute atomic E-state index is 12.1. The molecular formula is C13H16N2O3S. The Labute approximate surface area is 112 Å². The second-order valence-electron chi connectivity index (χ2n) is 4.44. The SMILES string of the molecule is Cc1cccc(S(=O)(=O)NCc2c(C)noc2C)c1. The van der Waals surface area contributed by atoms with Gasteiger partial charge >= 0.3 is 0 Å². The second-order valence-corrected chi connectivity index (χ2v) is 6.21. The van der Waals surface area contributed by atoms with Gasteiger partial charge in [-0.05, 0) is 38.5 Å². The maximum atomic E-state index is 12.1. The molecule has 6 heteroatoms. The number of sulfonamides is 1. The van der Waals surface area contributed by atoms with Crippen LogP contribution in [0.1, 0.15) is 22.6 Å². The molecular weight excluding hydrogens is 264 g/mol. The third-order valence-corrected chi connectivity index (χ3v) is 4.32. The summed E-state index contributed by atoms with van der Waals surface area (Å²) in [6, 6.07) is 6.78. The van der Waals surface area contributed by atoms with Gasteiger partial charge in [-0.1, -0.05) is 17.3 Å². The summed E-state index contributed by atoms with van der Waals surface area (Å²) in [5.74, 6) is 0.629. The van der Waals surface area contributed by atoms with Crippen LogP contribution in [0.5, 0.6) is 0 Å². The molecule has 0 unspecified atom stereocenters. The van der Waals surface area contributed by atoms with Crippen LogP contribution in [0, 0.1) is 20.8 Å². The van der Waals surface area contributed by atoms with E-state index in [-0.39, 0.29) is 11.4 Å². The molecule has 0 amide bonds. The molecule has 0 saturated carbocycles. The molecule has 0 fully saturated rings. The highest BCUT2D eigenvalue weighted by atomic mass is 32.2. The predicted octanol–water partition coefficient (Wildman–Crippen LogP) is 2.08. The Bertz CT molecular complexity index is 670. The van der Waals surface area contributed by atoms with Crippen molar-refractivity contribution in [1.29, 1.82) is 0 Å². The first kappa shape index (κ1) is 13.8. The van der Waals surface area contributed by atoms with Crippen LogP contribution in [-0.4, -0.2) is 13.6 Å². The summed E-state index contributed by atoms with van der Waals surface area (Å²) in [6.07, 6.45) is 0. The molecule has 0 bridgehead atoms. The standard InChI is InChI=1S/C13H16N2O3S/c1-9-5-4-6-12(7-9)19(16,17)14-8-13-10(2)15-18-11(13)3/h4-7,14H,8H2,1-3H3. The topological polar surface area (TPSA) is 72.2 Å². The Morgan fingerprint density at radius 2 is 2.00 bits per heavy atom. The first-order chi connectivity index (χ1) is 8.90. The Balaban J connectivity index is 2.19. The molecule has 1 aromatic heterocycles. The smallest absolute Gasteiger partial charge is 0.240 e. The van der Waals surface area contributed by atoms with Crippen molar-refractivity contribution in [1.82, 2.24) is 9.88 Å². The lowest BCUT2D eigenvalue weighted by Gasteiger charge is -2.07. The molecule has 0 radical (unpaired) electrons. The molecule has 1 aromatic carbocycles. The highest BCUT2D eigenvalue weighted by Gasteiger charge is 2.16. The molecule has 0 saturated heterocycles. The molecule has 0 spiro atoms. The van der Waals surface area contributed by atoms with Crippen LogP contribution < -0.4 is 4.72 Å². The van der Waals surface area contributed by atoms with E-state index in [4.69, 9.17) is 4.52 Å². The Morgan fingerprint density at radius 3 is 2.58 bits per heavy atom. The summed E-state index contributed by atoms with van der Waals surface area (Å²) in [4.78, 5) is 0.263. The highest BCUT2D eigenvalue weighted by Crippen LogP contribution is 2.15. The first-order valence-corrected chi connectivity index (χ1v) is 7.36. The van der Waals surface area contributed by atoms with Crippen molar-refractivity contribution in [2.45, 2.75) is 32.2 Å². The van der Waals surface area contributed by atoms with E-state index in [0.717, 1.165) is 11.1 Å². The van der Waals surface area contributed by atoms with Crippen LogP contribution in [0.4, 0.5) is 0 Å². The van der Waals surface area contributed by atoms with Gasteiger partial charge in [-0.25, -0.2) is 13.1 Å². The summed E-state index contributed by atoms with van der Waals surface area (Å²) in [5.41, 5.74) is 2.38. The van der Waals surface area contributed by atoms with Crippen molar-refractivity contribution in [3.05, 3.63) is 46.8 Å². The molecule has 102 valence electrons. The van der Waals surface area contributed by atoms with Crippen LogP contribution in [0.15, 0.2) is 33.7 Å². The minimum Gasteiger partial charge on any atom is -0.361 e. The van der Waals surface area contributed by atoms with Gasteiger partial charge in [-0.2, -0.15) is 0 Å². The average molecular weight is 280 g/mol. The van der Waals surface area contributed by atoms with Crippen LogP contribution in [0.25, 0.3) is 0 Å². The summed E-state index contributed by atoms with van der Waals surface area (Å²) in [6.45, 7) is 5.58. The van der Waals surface area contributed by atoms with Crippen LogP contribution in [0.2, 0.25) is 0 Å². The number of benzene rings is 1. The van der Waals surface area contributed by atoms with E-state index in [0.29, 0.717) is 11.5 Å². The zero-order valence-corrected chi connectivity index (χ0v) is 11.9. The lowest BCUT2D eigenvalue weighted by atomic mass is 10.2. The van der Waals surface area contributed by atoms with Crippen molar-refractivity contribution in [2.75, 3.05) is 0 Å². The number of aromatic nitrogens is 1. The number of hydrogen-bond acceptors (Lipinski definition) is 4. The van der Waals surface area contributed by atoms with Crippen LogP contribution in [0.3, 0.4) is 0 Å². The number of nitrogens with zero attached hydrogens (tertiary/aromatic N) is 1. The third kappa shape index (κ3) is 3.02. The molecule has 0 aliphatic heterocycles. The van der Waals surface area contributed by atoms with Gasteiger partial charge in [-0.15, -0.1) is 0 Å². The van der Waals surface area contributed by atoms with E-state index >= 15 is 0 Å². The van der Waals surface area contributed by atoms with E-state index in [2.05, 4.69) is 9.88 Å². The average Bonchev–Trinajstić information content (AvgIpc) is 2.67. The Hall–Kier alpha value is -1.66.